The van der Waals surface area contributed by atoms with Gasteiger partial charge in [0.25, 0.3) is 0 Å². The summed E-state index contributed by atoms with van der Waals surface area (Å²) in [6.45, 7) is 7.17. The summed E-state index contributed by atoms with van der Waals surface area (Å²) in [5.74, 6) is -0.732. The molecule has 1 N–H and O–H groups in total. The maximum atomic E-state index is 12.0. The molecule has 0 radical (unpaired) electrons. The zero-order valence-electron chi connectivity index (χ0n) is 19.4. The molecule has 0 aromatic rings. The predicted octanol–water partition coefficient (Wildman–Crippen LogP) is 5.94. The third-order valence-corrected chi connectivity index (χ3v) is 5.17. The lowest BCUT2D eigenvalue weighted by atomic mass is 10.0. The fourth-order valence-corrected chi connectivity index (χ4v) is 3.46. The van der Waals surface area contributed by atoms with Crippen molar-refractivity contribution in [3.05, 3.63) is 0 Å². The van der Waals surface area contributed by atoms with Gasteiger partial charge in [-0.15, -0.1) is 0 Å². The van der Waals surface area contributed by atoms with E-state index in [1.807, 2.05) is 0 Å². The molecule has 5 heteroatoms. The minimum atomic E-state index is -0.601. The van der Waals surface area contributed by atoms with E-state index in [1.54, 1.807) is 13.8 Å². The summed E-state index contributed by atoms with van der Waals surface area (Å²) < 4.78 is 9.99. The monoisotopic (exact) mass is 413 g/mol. The van der Waals surface area contributed by atoms with Crippen LogP contribution in [0, 0.1) is 0 Å². The van der Waals surface area contributed by atoms with Gasteiger partial charge in [-0.1, -0.05) is 90.4 Å². The molecule has 0 heterocycles. The van der Waals surface area contributed by atoms with Crippen molar-refractivity contribution in [3.8, 4) is 0 Å². The maximum Gasteiger partial charge on any atom is 0.323 e. The van der Waals surface area contributed by atoms with Gasteiger partial charge in [0.15, 0.2) is 0 Å². The summed E-state index contributed by atoms with van der Waals surface area (Å²) in [6.07, 6.45) is 18.6. The molecule has 0 spiro atoms. The van der Waals surface area contributed by atoms with Gasteiger partial charge >= 0.3 is 11.9 Å². The highest BCUT2D eigenvalue weighted by Gasteiger charge is 2.23. The number of esters is 2. The normalized spacial score (nSPS) is 12.0. The first-order valence-corrected chi connectivity index (χ1v) is 12.2. The molecule has 29 heavy (non-hydrogen) atoms. The summed E-state index contributed by atoms with van der Waals surface area (Å²) in [7, 11) is 0. The Labute approximate surface area is 179 Å². The van der Waals surface area contributed by atoms with Gasteiger partial charge in [-0.2, -0.15) is 0 Å². The van der Waals surface area contributed by atoms with Gasteiger partial charge in [0.2, 0.25) is 0 Å². The zero-order chi connectivity index (χ0) is 21.6. The highest BCUT2D eigenvalue weighted by Crippen LogP contribution is 2.13. The molecule has 5 nitrogen and oxygen atoms in total. The molecule has 0 saturated heterocycles. The number of ether oxygens (including phenoxy) is 2. The van der Waals surface area contributed by atoms with Crippen LogP contribution < -0.4 is 5.32 Å². The predicted molar refractivity (Wildman–Crippen MR) is 120 cm³/mol. The van der Waals surface area contributed by atoms with Gasteiger partial charge in [-0.25, -0.2) is 0 Å². The Morgan fingerprint density at radius 3 is 1.55 bits per heavy atom. The third-order valence-electron chi connectivity index (χ3n) is 5.17. The van der Waals surface area contributed by atoms with Crippen molar-refractivity contribution in [2.75, 3.05) is 19.8 Å². The van der Waals surface area contributed by atoms with Gasteiger partial charge in [0.05, 0.1) is 19.6 Å². The average molecular weight is 414 g/mol. The van der Waals surface area contributed by atoms with E-state index in [4.69, 9.17) is 9.47 Å². The Kier molecular flexibility index (Phi) is 20.8. The van der Waals surface area contributed by atoms with Crippen molar-refractivity contribution in [1.82, 2.24) is 5.32 Å². The largest absolute Gasteiger partial charge is 0.466 e. The summed E-state index contributed by atoms with van der Waals surface area (Å²) in [5.41, 5.74) is 0. The molecule has 0 aliphatic heterocycles. The van der Waals surface area contributed by atoms with Crippen LogP contribution in [0.15, 0.2) is 0 Å². The van der Waals surface area contributed by atoms with Crippen LogP contribution in [0.25, 0.3) is 0 Å². The minimum absolute atomic E-state index is 0.0330. The smallest absolute Gasteiger partial charge is 0.323 e. The summed E-state index contributed by atoms with van der Waals surface area (Å²) in [5, 5.41) is 3.16. The summed E-state index contributed by atoms with van der Waals surface area (Å²) in [6, 6.07) is -0.601. The lowest BCUT2D eigenvalue weighted by molar-refractivity contribution is -0.152. The number of nitrogens with one attached hydrogen (secondary N) is 1. The number of carbonyl (C=O) groups is 2. The van der Waals surface area contributed by atoms with Gasteiger partial charge in [-0.3, -0.25) is 9.59 Å². The molecule has 0 aromatic heterocycles. The lowest BCUT2D eigenvalue weighted by Crippen LogP contribution is -2.40. The molecule has 0 fully saturated rings. The fourth-order valence-electron chi connectivity index (χ4n) is 3.46. The first-order valence-electron chi connectivity index (χ1n) is 12.2. The molecule has 1 atom stereocenters. The molecular weight excluding hydrogens is 366 g/mol. The fraction of sp³-hybridized carbons (Fsp3) is 0.917. The second kappa shape index (κ2) is 21.6. The number of hydrogen-bond donors (Lipinski definition) is 1. The standard InChI is InChI=1S/C24H47NO4/c1-4-7-8-9-10-11-12-13-14-15-16-17-18-19-20-25-22(24(27)29-6-3)21-23(26)28-5-2/h22,25H,4-21H2,1-3H3. The Balaban J connectivity index is 3.59. The van der Waals surface area contributed by atoms with Crippen LogP contribution in [0.4, 0.5) is 0 Å². The Morgan fingerprint density at radius 1 is 0.655 bits per heavy atom. The Bertz CT molecular complexity index is 387. The van der Waals surface area contributed by atoms with Crippen molar-refractivity contribution in [1.29, 1.82) is 0 Å². The van der Waals surface area contributed by atoms with E-state index >= 15 is 0 Å². The van der Waals surface area contributed by atoms with Crippen LogP contribution in [0.3, 0.4) is 0 Å². The molecule has 0 amide bonds. The van der Waals surface area contributed by atoms with Crippen molar-refractivity contribution in [2.24, 2.45) is 0 Å². The maximum absolute atomic E-state index is 12.0. The van der Waals surface area contributed by atoms with Crippen LogP contribution in [0.2, 0.25) is 0 Å². The zero-order valence-corrected chi connectivity index (χ0v) is 19.4. The summed E-state index contributed by atoms with van der Waals surface area (Å²) >= 11 is 0. The average Bonchev–Trinajstić information content (AvgIpc) is 2.70. The van der Waals surface area contributed by atoms with E-state index in [0.29, 0.717) is 13.2 Å². The molecular formula is C24H47NO4. The first-order chi connectivity index (χ1) is 14.2. The van der Waals surface area contributed by atoms with Crippen molar-refractivity contribution < 1.29 is 19.1 Å². The van der Waals surface area contributed by atoms with E-state index in [9.17, 15) is 9.59 Å². The molecule has 1 unspecified atom stereocenters. The molecule has 0 bridgehead atoms. The number of rotatable bonds is 21. The van der Waals surface area contributed by atoms with Crippen LogP contribution >= 0.6 is 0 Å². The Morgan fingerprint density at radius 2 is 1.10 bits per heavy atom. The van der Waals surface area contributed by atoms with Crippen molar-refractivity contribution >= 4 is 11.9 Å². The number of unbranched alkanes of at least 4 members (excludes halogenated alkanes) is 13. The van der Waals surface area contributed by atoms with E-state index in [-0.39, 0.29) is 18.4 Å². The van der Waals surface area contributed by atoms with Crippen molar-refractivity contribution in [2.45, 2.75) is 123 Å². The number of hydrogen-bond acceptors (Lipinski definition) is 5. The SMILES string of the molecule is CCCCCCCCCCCCCCCCNC(CC(=O)OCC)C(=O)OCC. The quantitative estimate of drug-likeness (QED) is 0.186. The van der Waals surface area contributed by atoms with Crippen LogP contribution in [0.1, 0.15) is 117 Å². The van der Waals surface area contributed by atoms with Crippen LogP contribution in [-0.2, 0) is 19.1 Å². The second-order valence-electron chi connectivity index (χ2n) is 7.86. The molecule has 0 aromatic carbocycles. The topological polar surface area (TPSA) is 64.6 Å². The van der Waals surface area contributed by atoms with Crippen molar-refractivity contribution in [3.63, 3.8) is 0 Å². The van der Waals surface area contributed by atoms with Gasteiger partial charge in [0, 0.05) is 0 Å². The van der Waals surface area contributed by atoms with E-state index in [1.165, 1.54) is 77.0 Å². The molecule has 0 rings (SSSR count). The van der Waals surface area contributed by atoms with Gasteiger partial charge in [0.1, 0.15) is 6.04 Å². The van der Waals surface area contributed by atoms with Gasteiger partial charge < -0.3 is 14.8 Å². The molecule has 0 saturated carbocycles. The molecule has 0 aliphatic carbocycles. The second-order valence-corrected chi connectivity index (χ2v) is 7.86. The lowest BCUT2D eigenvalue weighted by Gasteiger charge is -2.16. The van der Waals surface area contributed by atoms with Crippen LogP contribution in [-0.4, -0.2) is 37.7 Å². The molecule has 0 aliphatic rings. The highest BCUT2D eigenvalue weighted by molar-refractivity contribution is 5.82. The van der Waals surface area contributed by atoms with E-state index in [0.717, 1.165) is 19.4 Å². The van der Waals surface area contributed by atoms with Gasteiger partial charge in [-0.05, 0) is 26.8 Å². The van der Waals surface area contributed by atoms with Crippen LogP contribution in [0.5, 0.6) is 0 Å². The minimum Gasteiger partial charge on any atom is -0.466 e. The molecule has 172 valence electrons. The van der Waals surface area contributed by atoms with E-state index < -0.39 is 6.04 Å². The summed E-state index contributed by atoms with van der Waals surface area (Å²) in [4.78, 5) is 23.6. The Hall–Kier alpha value is -1.10. The number of carbonyl (C=O) groups excluding carboxylic acids is 2. The van der Waals surface area contributed by atoms with E-state index in [2.05, 4.69) is 12.2 Å². The highest BCUT2D eigenvalue weighted by atomic mass is 16.5. The third kappa shape index (κ3) is 18.7. The first kappa shape index (κ1) is 27.9.